The van der Waals surface area contributed by atoms with Crippen LogP contribution in [-0.2, 0) is 12.8 Å². The molecule has 1 aliphatic carbocycles. The van der Waals surface area contributed by atoms with Gasteiger partial charge >= 0.3 is 6.03 Å². The first kappa shape index (κ1) is 23.6. The first-order valence-corrected chi connectivity index (χ1v) is 13.8. The number of primary amides is 1. The third-order valence-electron chi connectivity index (χ3n) is 7.80. The monoisotopic (exact) mass is 594 g/mol. The molecule has 1 aromatic heterocycles. The Hall–Kier alpha value is -1.15. The predicted molar refractivity (Wildman–Crippen MR) is 139 cm³/mol. The number of aromatic nitrogens is 1. The number of carbonyl (C=O) groups excluding carboxylic acids is 1. The lowest BCUT2D eigenvalue weighted by Crippen LogP contribution is -2.45. The third-order valence-corrected chi connectivity index (χ3v) is 9.11. The van der Waals surface area contributed by atoms with Gasteiger partial charge < -0.3 is 10.6 Å². The Balaban J connectivity index is 1.39. The smallest absolute Gasteiger partial charge is 0.314 e. The van der Waals surface area contributed by atoms with Crippen molar-refractivity contribution in [1.29, 1.82) is 0 Å². The van der Waals surface area contributed by atoms with Crippen molar-refractivity contribution in [3.05, 3.63) is 60.7 Å². The zero-order valence-corrected chi connectivity index (χ0v) is 22.5. The highest BCUT2D eigenvalue weighted by atomic mass is 79.9. The lowest BCUT2D eigenvalue weighted by molar-refractivity contribution is 0.0909. The van der Waals surface area contributed by atoms with Gasteiger partial charge in [-0.15, -0.1) is 0 Å². The number of fused-ring (bicyclic) bond motifs is 2. The molecule has 1 unspecified atom stereocenters. The van der Waals surface area contributed by atoms with E-state index < -0.39 is 0 Å². The Labute approximate surface area is 217 Å². The zero-order valence-electron chi connectivity index (χ0n) is 18.6. The molecule has 2 amide bonds. The minimum Gasteiger partial charge on any atom is -0.351 e. The number of piperidine rings is 2. The summed E-state index contributed by atoms with van der Waals surface area (Å²) < 4.78 is 2.11. The van der Waals surface area contributed by atoms with Gasteiger partial charge in [-0.3, -0.25) is 9.88 Å². The van der Waals surface area contributed by atoms with Crippen molar-refractivity contribution >= 4 is 49.5 Å². The standard InChI is InChI=1S/C25H29Br2ClN4O/c26-19-11-18-2-1-17-12-20(28)13-21(27)22(17)24(23(18)30-14-19)31-7-3-15(4-8-31)16-5-9-32(10-6-16)25(29)33/h11-16,24H,1-10H2,(H2,29,33). The van der Waals surface area contributed by atoms with Gasteiger partial charge in [0.05, 0.1) is 11.7 Å². The molecule has 1 atom stereocenters. The summed E-state index contributed by atoms with van der Waals surface area (Å²) in [5.41, 5.74) is 10.6. The fourth-order valence-electron chi connectivity index (χ4n) is 6.09. The van der Waals surface area contributed by atoms with Crippen LogP contribution in [0.2, 0.25) is 5.02 Å². The Kier molecular flexibility index (Phi) is 7.03. The van der Waals surface area contributed by atoms with E-state index >= 15 is 0 Å². The van der Waals surface area contributed by atoms with E-state index in [0.29, 0.717) is 11.8 Å². The Bertz CT molecular complexity index is 1050. The van der Waals surface area contributed by atoms with Gasteiger partial charge in [-0.1, -0.05) is 27.5 Å². The number of aryl methyl sites for hydroxylation is 2. The van der Waals surface area contributed by atoms with Gasteiger partial charge in [0.15, 0.2) is 0 Å². The molecule has 2 fully saturated rings. The fourth-order valence-corrected chi connectivity index (χ4v) is 7.56. The van der Waals surface area contributed by atoms with Crippen molar-refractivity contribution in [3.8, 4) is 0 Å². The summed E-state index contributed by atoms with van der Waals surface area (Å²) in [6, 6.07) is 6.25. The van der Waals surface area contributed by atoms with Gasteiger partial charge in [0.25, 0.3) is 0 Å². The third kappa shape index (κ3) is 4.84. The van der Waals surface area contributed by atoms with Crippen LogP contribution < -0.4 is 5.73 Å². The number of nitrogens with zero attached hydrogens (tertiary/aromatic N) is 3. The lowest BCUT2D eigenvalue weighted by Gasteiger charge is -2.42. The van der Waals surface area contributed by atoms with Crippen LogP contribution in [-0.4, -0.2) is 47.0 Å². The highest BCUT2D eigenvalue weighted by Gasteiger charge is 2.36. The molecule has 3 heterocycles. The number of hydrogen-bond donors (Lipinski definition) is 1. The second kappa shape index (κ2) is 9.84. The Morgan fingerprint density at radius 3 is 2.27 bits per heavy atom. The van der Waals surface area contributed by atoms with Crippen molar-refractivity contribution in [3.63, 3.8) is 0 Å². The molecule has 5 rings (SSSR count). The number of urea groups is 1. The molecule has 33 heavy (non-hydrogen) atoms. The van der Waals surface area contributed by atoms with Gasteiger partial charge in [0.1, 0.15) is 0 Å². The highest BCUT2D eigenvalue weighted by molar-refractivity contribution is 9.10. The van der Waals surface area contributed by atoms with Gasteiger partial charge in [0, 0.05) is 33.3 Å². The molecule has 2 N–H and O–H groups in total. The van der Waals surface area contributed by atoms with Crippen LogP contribution in [0.5, 0.6) is 0 Å². The molecular weight excluding hydrogens is 568 g/mol. The molecule has 0 radical (unpaired) electrons. The zero-order chi connectivity index (χ0) is 23.1. The van der Waals surface area contributed by atoms with E-state index in [1.165, 1.54) is 35.2 Å². The maximum Gasteiger partial charge on any atom is 0.314 e. The van der Waals surface area contributed by atoms with Gasteiger partial charge in [-0.05, 0) is 114 Å². The van der Waals surface area contributed by atoms with Crippen LogP contribution in [0.25, 0.3) is 0 Å². The first-order chi connectivity index (χ1) is 15.9. The van der Waals surface area contributed by atoms with Gasteiger partial charge in [0.2, 0.25) is 0 Å². The van der Waals surface area contributed by atoms with Crippen LogP contribution in [0.4, 0.5) is 4.79 Å². The maximum atomic E-state index is 11.5. The molecule has 5 nitrogen and oxygen atoms in total. The number of amides is 2. The van der Waals surface area contributed by atoms with Crippen molar-refractivity contribution in [1.82, 2.24) is 14.8 Å². The van der Waals surface area contributed by atoms with Crippen LogP contribution >= 0.6 is 43.5 Å². The van der Waals surface area contributed by atoms with Gasteiger partial charge in [-0.25, -0.2) is 4.79 Å². The number of halogens is 3. The molecule has 2 aliphatic heterocycles. The molecule has 3 aliphatic rings. The number of hydrogen-bond acceptors (Lipinski definition) is 3. The summed E-state index contributed by atoms with van der Waals surface area (Å²) in [6.45, 7) is 3.71. The fraction of sp³-hybridized carbons (Fsp3) is 0.520. The molecule has 1 aromatic carbocycles. The minimum absolute atomic E-state index is 0.134. The number of benzene rings is 1. The summed E-state index contributed by atoms with van der Waals surface area (Å²) >= 11 is 13.9. The summed E-state index contributed by atoms with van der Waals surface area (Å²) in [7, 11) is 0. The van der Waals surface area contributed by atoms with Crippen molar-refractivity contribution < 1.29 is 4.79 Å². The number of nitrogens with two attached hydrogens (primary N) is 1. The van der Waals surface area contributed by atoms with E-state index in [0.717, 1.165) is 65.8 Å². The highest BCUT2D eigenvalue weighted by Crippen LogP contribution is 2.43. The molecular formula is C25H29Br2ClN4O. The number of pyridine rings is 1. The van der Waals surface area contributed by atoms with Crippen LogP contribution in [0.15, 0.2) is 33.3 Å². The van der Waals surface area contributed by atoms with Gasteiger partial charge in [-0.2, -0.15) is 0 Å². The average molecular weight is 597 g/mol. The predicted octanol–water partition coefficient (Wildman–Crippen LogP) is 5.95. The topological polar surface area (TPSA) is 62.5 Å². The average Bonchev–Trinajstić information content (AvgIpc) is 2.96. The molecule has 2 aromatic rings. The lowest BCUT2D eigenvalue weighted by atomic mass is 9.78. The molecule has 176 valence electrons. The van der Waals surface area contributed by atoms with E-state index in [1.54, 1.807) is 4.90 Å². The SMILES string of the molecule is NC(=O)N1CCC(C2CCN(C3c4ncc(Br)cc4CCc4cc(Cl)cc(Br)c43)CC2)CC1. The van der Waals surface area contributed by atoms with Crippen LogP contribution in [0.1, 0.15) is 54.1 Å². The molecule has 8 heteroatoms. The number of likely N-dealkylation sites (tertiary alicyclic amines) is 2. The quantitative estimate of drug-likeness (QED) is 0.466. The number of carbonyl (C=O) groups is 1. The molecule has 0 spiro atoms. The molecule has 2 saturated heterocycles. The first-order valence-electron chi connectivity index (χ1n) is 11.8. The van der Waals surface area contributed by atoms with Crippen molar-refractivity contribution in [2.45, 2.75) is 44.6 Å². The summed E-state index contributed by atoms with van der Waals surface area (Å²) in [6.07, 6.45) is 8.37. The normalized spacial score (nSPS) is 22.5. The molecule has 0 bridgehead atoms. The summed E-state index contributed by atoms with van der Waals surface area (Å²) in [5.74, 6) is 1.41. The van der Waals surface area contributed by atoms with E-state index in [2.05, 4.69) is 48.9 Å². The van der Waals surface area contributed by atoms with E-state index in [-0.39, 0.29) is 12.1 Å². The second-order valence-corrected chi connectivity index (χ2v) is 11.8. The van der Waals surface area contributed by atoms with E-state index in [9.17, 15) is 4.79 Å². The Morgan fingerprint density at radius 1 is 0.970 bits per heavy atom. The minimum atomic E-state index is -0.279. The van der Waals surface area contributed by atoms with E-state index in [4.69, 9.17) is 22.3 Å². The van der Waals surface area contributed by atoms with Crippen molar-refractivity contribution in [2.75, 3.05) is 26.2 Å². The summed E-state index contributed by atoms with van der Waals surface area (Å²) in [4.78, 5) is 20.8. The summed E-state index contributed by atoms with van der Waals surface area (Å²) in [5, 5.41) is 0.778. The van der Waals surface area contributed by atoms with E-state index in [1.807, 2.05) is 12.3 Å². The second-order valence-electron chi connectivity index (χ2n) is 9.60. The van der Waals surface area contributed by atoms with Crippen molar-refractivity contribution in [2.24, 2.45) is 17.6 Å². The number of rotatable bonds is 2. The largest absolute Gasteiger partial charge is 0.351 e. The Morgan fingerprint density at radius 2 is 1.61 bits per heavy atom. The maximum absolute atomic E-state index is 11.5. The van der Waals surface area contributed by atoms with Crippen LogP contribution in [0, 0.1) is 11.8 Å². The van der Waals surface area contributed by atoms with Crippen LogP contribution in [0.3, 0.4) is 0 Å². The molecule has 0 saturated carbocycles.